The first kappa shape index (κ1) is 58.2. The number of ether oxygens (including phenoxy) is 4. The zero-order chi connectivity index (χ0) is 50.3. The van der Waals surface area contributed by atoms with E-state index in [0.717, 1.165) is 14.2 Å². The number of unbranched alkanes of at least 4 members (excludes halogenated alkanes) is 2. The average molecular weight is 1030 g/mol. The Morgan fingerprint density at radius 2 is 1.15 bits per heavy atom. The summed E-state index contributed by atoms with van der Waals surface area (Å²) in [6.07, 6.45) is -11.9. The van der Waals surface area contributed by atoms with Crippen molar-refractivity contribution in [2.24, 2.45) is 0 Å². The maximum atomic E-state index is 13.9. The van der Waals surface area contributed by atoms with E-state index in [-0.39, 0.29) is 77.2 Å². The van der Waals surface area contributed by atoms with Crippen molar-refractivity contribution in [3.63, 3.8) is 0 Å². The topological polar surface area (TPSA) is 387 Å². The molecule has 16 atom stereocenters. The van der Waals surface area contributed by atoms with Crippen LogP contribution < -0.4 is 10.6 Å². The van der Waals surface area contributed by atoms with Gasteiger partial charge in [-0.15, -0.1) is 4.67 Å². The van der Waals surface area contributed by atoms with Gasteiger partial charge in [-0.1, -0.05) is 0 Å². The summed E-state index contributed by atoms with van der Waals surface area (Å²) >= 11 is 0. The number of β-amino-alcohol motifs (C(OH)–C–C–N with tert-alkyl or cyclic N) is 1. The maximum absolute atomic E-state index is 13.9. The number of aliphatic hydroxyl groups is 7. The third-order valence-electron chi connectivity index (χ3n) is 11.6. The smallest absolute Gasteiger partial charge is 0.394 e. The first-order valence-corrected chi connectivity index (χ1v) is 25.1. The highest BCUT2D eigenvalue weighted by atomic mass is 31.2. The molecule has 0 saturated carbocycles. The van der Waals surface area contributed by atoms with Gasteiger partial charge in [-0.3, -0.25) is 37.3 Å². The van der Waals surface area contributed by atoms with Crippen LogP contribution in [-0.4, -0.2) is 227 Å². The van der Waals surface area contributed by atoms with Crippen molar-refractivity contribution in [1.29, 1.82) is 0 Å². The van der Waals surface area contributed by atoms with Crippen LogP contribution in [0.25, 0.3) is 0 Å². The summed E-state index contributed by atoms with van der Waals surface area (Å²) in [5.41, 5.74) is 0. The standard InChI is InChI=1S/C38H68N4O24P2/c1-21(45)39-31-35(52)33(50)27(17-43)63-37(31)59-11-7-5-9-29(48)41-15-25(47)13-23(41)20-62-68(56,66-57-3)65-26-14-24(19-61-67(54,55)58-4)42(16-26)30(49)10-6-8-12-60-38-32(40-22(2)46)36(53)34(51)28(18-44)64-38/h23-28,31-38,43-44,47,50-53H,5-20H2,1-4H3,(H,39,45)(H,40,46)(H,54,55)/t23-,24-,25+,26+,27?,28?,31?,32?,33?,34?,35?,36?,37?,38?,68?/m0/s1. The first-order valence-electron chi connectivity index (χ1n) is 22.1. The largest absolute Gasteiger partial charge is 0.502 e. The highest BCUT2D eigenvalue weighted by Gasteiger charge is 2.48. The molecule has 4 aliphatic rings. The van der Waals surface area contributed by atoms with E-state index in [2.05, 4.69) is 20.0 Å². The van der Waals surface area contributed by atoms with E-state index in [9.17, 15) is 68.9 Å². The predicted molar refractivity (Wildman–Crippen MR) is 226 cm³/mol. The van der Waals surface area contributed by atoms with Crippen molar-refractivity contribution >= 4 is 39.3 Å². The van der Waals surface area contributed by atoms with Crippen molar-refractivity contribution in [3.8, 4) is 0 Å². The van der Waals surface area contributed by atoms with E-state index >= 15 is 0 Å². The maximum Gasteiger partial charge on any atom is 0.502 e. The lowest BCUT2D eigenvalue weighted by Crippen LogP contribution is -2.64. The van der Waals surface area contributed by atoms with Gasteiger partial charge in [-0.05, 0) is 38.5 Å². The van der Waals surface area contributed by atoms with Crippen LogP contribution in [0.2, 0.25) is 0 Å². The number of nitrogens with zero attached hydrogens (tertiary/aromatic N) is 2. The quantitative estimate of drug-likeness (QED) is 0.0166. The molecule has 4 saturated heterocycles. The summed E-state index contributed by atoms with van der Waals surface area (Å²) in [5.74, 6) is -1.90. The van der Waals surface area contributed by atoms with Gasteiger partial charge in [0.15, 0.2) is 12.6 Å². The van der Waals surface area contributed by atoms with E-state index in [0.29, 0.717) is 6.42 Å². The molecule has 68 heavy (non-hydrogen) atoms. The summed E-state index contributed by atoms with van der Waals surface area (Å²) in [6, 6.07) is -3.99. The number of phosphoric ester groups is 2. The minimum Gasteiger partial charge on any atom is -0.394 e. The van der Waals surface area contributed by atoms with E-state index in [1.165, 1.54) is 23.6 Å². The van der Waals surface area contributed by atoms with Crippen LogP contribution in [0.4, 0.5) is 0 Å². The summed E-state index contributed by atoms with van der Waals surface area (Å²) in [4.78, 5) is 67.6. The molecule has 12 unspecified atom stereocenters. The zero-order valence-electron chi connectivity index (χ0n) is 38.3. The molecule has 394 valence electrons. The molecule has 0 aromatic heterocycles. The van der Waals surface area contributed by atoms with Gasteiger partial charge in [-0.25, -0.2) is 14.0 Å². The van der Waals surface area contributed by atoms with Gasteiger partial charge in [0.2, 0.25) is 23.6 Å². The molecule has 4 rings (SSSR count). The van der Waals surface area contributed by atoms with E-state index in [1.807, 2.05) is 0 Å². The van der Waals surface area contributed by atoms with Crippen molar-refractivity contribution in [2.45, 2.75) is 151 Å². The third-order valence-corrected chi connectivity index (χ3v) is 13.9. The summed E-state index contributed by atoms with van der Waals surface area (Å²) < 4.78 is 74.5. The molecule has 28 nitrogen and oxygen atoms in total. The highest BCUT2D eigenvalue weighted by Crippen LogP contribution is 2.53. The van der Waals surface area contributed by atoms with Crippen molar-refractivity contribution in [2.75, 3.05) is 67.0 Å². The lowest BCUT2D eigenvalue weighted by atomic mass is 9.97. The second-order valence-corrected chi connectivity index (χ2v) is 19.8. The second kappa shape index (κ2) is 27.4. The Morgan fingerprint density at radius 1 is 0.676 bits per heavy atom. The van der Waals surface area contributed by atoms with Crippen LogP contribution in [0, 0.1) is 0 Å². The number of nitrogens with one attached hydrogen (secondary N) is 2. The molecule has 4 heterocycles. The van der Waals surface area contributed by atoms with Gasteiger partial charge in [0.25, 0.3) is 0 Å². The Labute approximate surface area is 392 Å². The van der Waals surface area contributed by atoms with Crippen LogP contribution in [0.5, 0.6) is 0 Å². The van der Waals surface area contributed by atoms with Crippen molar-refractivity contribution < 1.29 is 116 Å². The van der Waals surface area contributed by atoms with Gasteiger partial charge >= 0.3 is 15.6 Å². The molecular formula is C38H68N4O24P2. The van der Waals surface area contributed by atoms with Crippen LogP contribution in [-0.2, 0) is 74.9 Å². The normalized spacial score (nSPS) is 33.8. The zero-order valence-corrected chi connectivity index (χ0v) is 40.1. The fourth-order valence-corrected chi connectivity index (χ4v) is 9.85. The molecule has 0 aromatic rings. The second-order valence-electron chi connectivity index (χ2n) is 16.7. The number of phosphoric acid groups is 2. The Kier molecular flexibility index (Phi) is 23.5. The van der Waals surface area contributed by atoms with Crippen molar-refractivity contribution in [3.05, 3.63) is 0 Å². The molecule has 4 aliphatic heterocycles. The molecule has 0 radical (unpaired) electrons. The molecule has 10 N–H and O–H groups in total. The Balaban J connectivity index is 1.30. The van der Waals surface area contributed by atoms with Crippen molar-refractivity contribution in [1.82, 2.24) is 20.4 Å². The van der Waals surface area contributed by atoms with Crippen LogP contribution in [0.3, 0.4) is 0 Å². The number of carbonyl (C=O) groups is 4. The van der Waals surface area contributed by atoms with Gasteiger partial charge in [-0.2, -0.15) is 0 Å². The number of carbonyl (C=O) groups excluding carboxylic acids is 4. The van der Waals surface area contributed by atoms with Gasteiger partial charge < -0.3 is 80.0 Å². The fourth-order valence-electron chi connectivity index (χ4n) is 8.19. The molecule has 30 heteroatoms. The molecule has 4 amide bonds. The van der Waals surface area contributed by atoms with Crippen LogP contribution in [0.15, 0.2) is 0 Å². The minimum atomic E-state index is -4.64. The monoisotopic (exact) mass is 1030 g/mol. The molecule has 0 spiro atoms. The minimum absolute atomic E-state index is 0.00207. The van der Waals surface area contributed by atoms with E-state index in [4.69, 9.17) is 37.2 Å². The molecule has 4 fully saturated rings. The fraction of sp³-hybridized carbons (Fsp3) is 0.895. The number of rotatable bonds is 27. The van der Waals surface area contributed by atoms with Gasteiger partial charge in [0.1, 0.15) is 48.7 Å². The molecule has 0 aliphatic carbocycles. The van der Waals surface area contributed by atoms with Crippen LogP contribution in [0.1, 0.15) is 65.2 Å². The average Bonchev–Trinajstić information content (AvgIpc) is 3.88. The number of aliphatic hydroxyl groups excluding tert-OH is 7. The Bertz CT molecular complexity index is 1720. The van der Waals surface area contributed by atoms with E-state index < -0.39 is 145 Å². The number of hydrogen-bond acceptors (Lipinski definition) is 23. The molecular weight excluding hydrogens is 958 g/mol. The summed E-state index contributed by atoms with van der Waals surface area (Å²) in [7, 11) is -7.15. The lowest BCUT2D eigenvalue weighted by Gasteiger charge is -2.42. The van der Waals surface area contributed by atoms with E-state index in [1.54, 1.807) is 0 Å². The Morgan fingerprint density at radius 3 is 1.60 bits per heavy atom. The van der Waals surface area contributed by atoms with Crippen LogP contribution >= 0.6 is 15.6 Å². The lowest BCUT2D eigenvalue weighted by molar-refractivity contribution is -0.270. The summed E-state index contributed by atoms with van der Waals surface area (Å²) in [6.45, 7) is -0.109. The molecule has 0 aromatic carbocycles. The van der Waals surface area contributed by atoms with Gasteiger partial charge in [0, 0.05) is 60.1 Å². The van der Waals surface area contributed by atoms with Gasteiger partial charge in [0.05, 0.1) is 57.8 Å². The first-order chi connectivity index (χ1) is 32.2. The SMILES string of the molecule is COOP(=O)(OC[C@@H]1C[C@@H](O)CN1C(=O)CCCCOC1OC(CO)C(O)C(O)C1NC(C)=O)O[C@@H]1C[C@@H](COP(=O)(O)OC)N(C(=O)CCCCOC2OC(CO)C(O)C(O)C2NC(C)=O)C1. The third kappa shape index (κ3) is 16.9. The molecule has 0 bridgehead atoms. The predicted octanol–water partition coefficient (Wildman–Crippen LogP) is -3.34. The number of hydrogen-bond donors (Lipinski definition) is 10. The summed E-state index contributed by atoms with van der Waals surface area (Å²) in [5, 5.41) is 75.9. The highest BCUT2D eigenvalue weighted by molar-refractivity contribution is 7.48. The number of amides is 4. The Hall–Kier alpha value is -2.38. The number of likely N-dealkylation sites (tertiary alicyclic amines) is 2.